The Kier molecular flexibility index (Phi) is 4.65. The van der Waals surface area contributed by atoms with Crippen LogP contribution < -0.4 is 4.90 Å². The van der Waals surface area contributed by atoms with Crippen molar-refractivity contribution in [3.8, 4) is 22.4 Å². The van der Waals surface area contributed by atoms with Crippen molar-refractivity contribution in [2.75, 3.05) is 18.0 Å². The minimum atomic E-state index is 0.776. The van der Waals surface area contributed by atoms with Crippen LogP contribution in [0.2, 0.25) is 0 Å². The van der Waals surface area contributed by atoms with Crippen molar-refractivity contribution in [2.24, 2.45) is 0 Å². The lowest BCUT2D eigenvalue weighted by Crippen LogP contribution is -2.26. The van der Waals surface area contributed by atoms with E-state index in [-0.39, 0.29) is 0 Å². The topological polar surface area (TPSA) is 67.9 Å². The van der Waals surface area contributed by atoms with Crippen molar-refractivity contribution in [1.82, 2.24) is 20.1 Å². The molecule has 1 aliphatic rings. The van der Waals surface area contributed by atoms with Crippen LogP contribution in [-0.2, 0) is 0 Å². The van der Waals surface area contributed by atoms with Crippen LogP contribution in [0.15, 0.2) is 35.2 Å². The Morgan fingerprint density at radius 3 is 2.38 bits per heavy atom. The molecule has 3 aromatic rings. The van der Waals surface area contributed by atoms with E-state index in [0.29, 0.717) is 0 Å². The normalized spacial score (nSPS) is 15.1. The summed E-state index contributed by atoms with van der Waals surface area (Å²) in [5, 5.41) is 4.12. The molecule has 1 saturated heterocycles. The fraction of sp³-hybridized carbons (Fsp3) is 0.400. The van der Waals surface area contributed by atoms with Crippen molar-refractivity contribution in [3.05, 3.63) is 42.2 Å². The molecular formula is C20H23N5O. The van der Waals surface area contributed by atoms with Gasteiger partial charge in [-0.25, -0.2) is 9.97 Å². The van der Waals surface area contributed by atoms with Gasteiger partial charge in [-0.05, 0) is 44.4 Å². The Morgan fingerprint density at radius 2 is 1.73 bits per heavy atom. The van der Waals surface area contributed by atoms with Crippen LogP contribution in [0.1, 0.15) is 37.1 Å². The molecule has 3 aromatic heterocycles. The molecule has 134 valence electrons. The number of rotatable bonds is 3. The van der Waals surface area contributed by atoms with E-state index in [2.05, 4.69) is 15.0 Å². The van der Waals surface area contributed by atoms with Gasteiger partial charge in [-0.1, -0.05) is 18.0 Å². The second kappa shape index (κ2) is 7.23. The van der Waals surface area contributed by atoms with Crippen LogP contribution in [0.4, 0.5) is 5.95 Å². The van der Waals surface area contributed by atoms with Gasteiger partial charge in [0.2, 0.25) is 5.95 Å². The molecule has 0 N–H and O–H groups in total. The second-order valence-corrected chi connectivity index (χ2v) is 6.77. The Morgan fingerprint density at radius 1 is 1.00 bits per heavy atom. The highest BCUT2D eigenvalue weighted by atomic mass is 16.5. The number of anilines is 1. The average Bonchev–Trinajstić information content (AvgIpc) is 2.88. The third-order valence-electron chi connectivity index (χ3n) is 4.93. The fourth-order valence-corrected chi connectivity index (χ4v) is 3.55. The Balaban J connectivity index is 1.85. The van der Waals surface area contributed by atoms with Gasteiger partial charge >= 0.3 is 0 Å². The van der Waals surface area contributed by atoms with E-state index in [9.17, 15) is 0 Å². The molecule has 26 heavy (non-hydrogen) atoms. The predicted octanol–water partition coefficient (Wildman–Crippen LogP) is 4.19. The molecule has 6 heteroatoms. The first kappa shape index (κ1) is 16.7. The molecule has 0 saturated carbocycles. The van der Waals surface area contributed by atoms with Crippen molar-refractivity contribution >= 4 is 5.95 Å². The smallest absolute Gasteiger partial charge is 0.225 e. The van der Waals surface area contributed by atoms with Gasteiger partial charge < -0.3 is 9.42 Å². The second-order valence-electron chi connectivity index (χ2n) is 6.77. The first-order valence-corrected chi connectivity index (χ1v) is 9.19. The van der Waals surface area contributed by atoms with Crippen molar-refractivity contribution in [2.45, 2.75) is 39.5 Å². The molecule has 0 unspecified atom stereocenters. The summed E-state index contributed by atoms with van der Waals surface area (Å²) in [5.41, 5.74) is 4.69. The molecule has 0 amide bonds. The maximum absolute atomic E-state index is 5.41. The van der Waals surface area contributed by atoms with E-state index >= 15 is 0 Å². The number of pyridine rings is 1. The van der Waals surface area contributed by atoms with Gasteiger partial charge in [-0.3, -0.25) is 4.98 Å². The van der Waals surface area contributed by atoms with Crippen LogP contribution >= 0.6 is 0 Å². The Labute approximate surface area is 153 Å². The molecule has 0 aromatic carbocycles. The molecule has 6 nitrogen and oxygen atoms in total. The summed E-state index contributed by atoms with van der Waals surface area (Å²) in [6.45, 7) is 5.90. The van der Waals surface area contributed by atoms with Gasteiger partial charge in [0.1, 0.15) is 5.76 Å². The Hall–Kier alpha value is -2.76. The maximum atomic E-state index is 5.41. The number of hydrogen-bond donors (Lipinski definition) is 0. The van der Waals surface area contributed by atoms with E-state index in [1.807, 2.05) is 32.2 Å². The first-order chi connectivity index (χ1) is 12.7. The zero-order chi connectivity index (χ0) is 17.9. The van der Waals surface area contributed by atoms with Crippen LogP contribution in [0.5, 0.6) is 0 Å². The minimum absolute atomic E-state index is 0.776. The maximum Gasteiger partial charge on any atom is 0.225 e. The molecule has 1 fully saturated rings. The fourth-order valence-electron chi connectivity index (χ4n) is 3.55. The quantitative estimate of drug-likeness (QED) is 0.706. The van der Waals surface area contributed by atoms with Crippen LogP contribution in [0.3, 0.4) is 0 Å². The predicted molar refractivity (Wildman–Crippen MR) is 101 cm³/mol. The molecule has 4 heterocycles. The van der Waals surface area contributed by atoms with Crippen molar-refractivity contribution < 1.29 is 4.52 Å². The highest BCUT2D eigenvalue weighted by Gasteiger charge is 2.21. The highest BCUT2D eigenvalue weighted by molar-refractivity contribution is 5.82. The lowest BCUT2D eigenvalue weighted by Gasteiger charge is -2.21. The third-order valence-corrected chi connectivity index (χ3v) is 4.93. The molecule has 0 spiro atoms. The molecule has 0 atom stereocenters. The number of aryl methyl sites for hydroxylation is 2. The summed E-state index contributed by atoms with van der Waals surface area (Å²) in [7, 11) is 0. The standard InChI is InChI=1S/C20H23N5O/c1-14-18(15(2)26-24-14)19-17(16-7-9-21-10-8-16)13-22-20(23-19)25-11-5-3-4-6-12-25/h7-10,13H,3-6,11-12H2,1-2H3. The van der Waals surface area contributed by atoms with Crippen molar-refractivity contribution in [3.63, 3.8) is 0 Å². The lowest BCUT2D eigenvalue weighted by molar-refractivity contribution is 0.393. The van der Waals surface area contributed by atoms with Gasteiger partial charge in [0, 0.05) is 37.2 Å². The van der Waals surface area contributed by atoms with E-state index < -0.39 is 0 Å². The third kappa shape index (κ3) is 3.19. The molecule has 1 aliphatic heterocycles. The van der Waals surface area contributed by atoms with E-state index in [4.69, 9.17) is 14.5 Å². The number of nitrogens with zero attached hydrogens (tertiary/aromatic N) is 5. The van der Waals surface area contributed by atoms with Crippen LogP contribution in [0, 0.1) is 13.8 Å². The molecule has 0 radical (unpaired) electrons. The molecule has 0 aliphatic carbocycles. The van der Waals surface area contributed by atoms with Gasteiger partial charge in [-0.2, -0.15) is 0 Å². The summed E-state index contributed by atoms with van der Waals surface area (Å²) in [4.78, 5) is 16.1. The summed E-state index contributed by atoms with van der Waals surface area (Å²) in [6, 6.07) is 3.96. The average molecular weight is 349 g/mol. The lowest BCUT2D eigenvalue weighted by atomic mass is 10.0. The number of hydrogen-bond acceptors (Lipinski definition) is 6. The molecular weight excluding hydrogens is 326 g/mol. The number of aromatic nitrogens is 4. The van der Waals surface area contributed by atoms with E-state index in [1.54, 1.807) is 12.4 Å². The summed E-state index contributed by atoms with van der Waals surface area (Å²) >= 11 is 0. The minimum Gasteiger partial charge on any atom is -0.361 e. The molecule has 0 bridgehead atoms. The first-order valence-electron chi connectivity index (χ1n) is 9.19. The van der Waals surface area contributed by atoms with Gasteiger partial charge in [-0.15, -0.1) is 0 Å². The zero-order valence-electron chi connectivity index (χ0n) is 15.3. The van der Waals surface area contributed by atoms with Crippen LogP contribution in [0.25, 0.3) is 22.4 Å². The van der Waals surface area contributed by atoms with Crippen LogP contribution in [-0.4, -0.2) is 33.2 Å². The largest absolute Gasteiger partial charge is 0.361 e. The highest BCUT2D eigenvalue weighted by Crippen LogP contribution is 2.35. The van der Waals surface area contributed by atoms with Gasteiger partial charge in [0.25, 0.3) is 0 Å². The summed E-state index contributed by atoms with van der Waals surface area (Å²) < 4.78 is 5.41. The van der Waals surface area contributed by atoms with E-state index in [0.717, 1.165) is 52.9 Å². The van der Waals surface area contributed by atoms with E-state index in [1.165, 1.54) is 25.7 Å². The monoisotopic (exact) mass is 349 g/mol. The van der Waals surface area contributed by atoms with Gasteiger partial charge in [0.15, 0.2) is 0 Å². The van der Waals surface area contributed by atoms with Gasteiger partial charge in [0.05, 0.1) is 17.0 Å². The Bertz CT molecular complexity index is 863. The SMILES string of the molecule is Cc1noc(C)c1-c1nc(N2CCCCCC2)ncc1-c1ccncc1. The zero-order valence-corrected chi connectivity index (χ0v) is 15.3. The molecule has 4 rings (SSSR count). The summed E-state index contributed by atoms with van der Waals surface area (Å²) in [5.74, 6) is 1.57. The summed E-state index contributed by atoms with van der Waals surface area (Å²) in [6.07, 6.45) is 10.4. The van der Waals surface area contributed by atoms with Crippen molar-refractivity contribution in [1.29, 1.82) is 0 Å².